The van der Waals surface area contributed by atoms with Crippen LogP contribution in [0.3, 0.4) is 0 Å². The van der Waals surface area contributed by atoms with Crippen molar-refractivity contribution in [1.29, 1.82) is 0 Å². The number of benzene rings is 1. The first-order valence-corrected chi connectivity index (χ1v) is 3.73. The molecule has 1 aromatic carbocycles. The van der Waals surface area contributed by atoms with E-state index in [0.29, 0.717) is 5.56 Å². The Hall–Kier alpha value is -1.18. The van der Waals surface area contributed by atoms with Crippen molar-refractivity contribution in [3.8, 4) is 0 Å². The fraction of sp³-hybridized carbons (Fsp3) is 0.200. The van der Waals surface area contributed by atoms with Gasteiger partial charge in [-0.15, -0.1) is 0 Å². The lowest BCUT2D eigenvalue weighted by molar-refractivity contribution is 0.581. The molecule has 0 nitrogen and oxygen atoms in total. The van der Waals surface area contributed by atoms with Crippen molar-refractivity contribution in [2.24, 2.45) is 0 Å². The maximum atomic E-state index is 13.0. The molecule has 0 N–H and O–H groups in total. The Morgan fingerprint density at radius 2 is 2.00 bits per heavy atom. The Morgan fingerprint density at radius 3 is 2.50 bits per heavy atom. The molecule has 0 heterocycles. The molecular weight excluding hydrogens is 158 g/mol. The molecule has 64 valence electrons. The molecular formula is C10H10F2. The second-order valence-electron chi connectivity index (χ2n) is 2.60. The first-order valence-electron chi connectivity index (χ1n) is 3.73. The molecule has 0 saturated heterocycles. The van der Waals surface area contributed by atoms with Gasteiger partial charge < -0.3 is 0 Å². The first kappa shape index (κ1) is 8.91. The average molecular weight is 168 g/mol. The zero-order chi connectivity index (χ0) is 9.14. The van der Waals surface area contributed by atoms with Gasteiger partial charge in [-0.25, -0.2) is 8.78 Å². The van der Waals surface area contributed by atoms with Crippen LogP contribution in [0.25, 0.3) is 5.57 Å². The lowest BCUT2D eigenvalue weighted by Gasteiger charge is -2.01. The summed E-state index contributed by atoms with van der Waals surface area (Å²) in [6.45, 7) is 3.61. The van der Waals surface area contributed by atoms with Crippen molar-refractivity contribution in [2.75, 3.05) is 0 Å². The summed E-state index contributed by atoms with van der Waals surface area (Å²) in [4.78, 5) is 0. The average Bonchev–Trinajstić information content (AvgIpc) is 2.03. The molecule has 0 fully saturated rings. The Kier molecular flexibility index (Phi) is 2.58. The molecule has 0 unspecified atom stereocenters. The second kappa shape index (κ2) is 3.48. The number of hydrogen-bond donors (Lipinski definition) is 0. The van der Waals surface area contributed by atoms with E-state index in [4.69, 9.17) is 0 Å². The van der Waals surface area contributed by atoms with Gasteiger partial charge in [0.05, 0.1) is 0 Å². The van der Waals surface area contributed by atoms with E-state index in [1.807, 2.05) is 6.92 Å². The number of rotatable bonds is 1. The molecule has 0 radical (unpaired) electrons. The zero-order valence-corrected chi connectivity index (χ0v) is 7.07. The number of hydrogen-bond acceptors (Lipinski definition) is 0. The van der Waals surface area contributed by atoms with Gasteiger partial charge >= 0.3 is 0 Å². The van der Waals surface area contributed by atoms with Gasteiger partial charge in [0.1, 0.15) is 11.6 Å². The molecule has 0 spiro atoms. The van der Waals surface area contributed by atoms with Crippen LogP contribution in [0, 0.1) is 11.6 Å². The normalized spacial score (nSPS) is 11.8. The Bertz CT molecular complexity index is 314. The fourth-order valence-electron chi connectivity index (χ4n) is 0.965. The van der Waals surface area contributed by atoms with Gasteiger partial charge in [0.15, 0.2) is 0 Å². The highest BCUT2D eigenvalue weighted by Gasteiger charge is 2.03. The number of allylic oxidation sites excluding steroid dienone is 2. The largest absolute Gasteiger partial charge is 0.207 e. The van der Waals surface area contributed by atoms with E-state index in [-0.39, 0.29) is 0 Å². The van der Waals surface area contributed by atoms with Gasteiger partial charge in [0, 0.05) is 11.6 Å². The summed E-state index contributed by atoms with van der Waals surface area (Å²) in [5, 5.41) is 0. The lowest BCUT2D eigenvalue weighted by Crippen LogP contribution is -1.87. The molecule has 0 bridgehead atoms. The van der Waals surface area contributed by atoms with Gasteiger partial charge in [0.25, 0.3) is 0 Å². The maximum Gasteiger partial charge on any atom is 0.133 e. The van der Waals surface area contributed by atoms with E-state index in [2.05, 4.69) is 0 Å². The quantitative estimate of drug-likeness (QED) is 0.603. The molecule has 0 amide bonds. The minimum Gasteiger partial charge on any atom is -0.207 e. The summed E-state index contributed by atoms with van der Waals surface area (Å²) in [6, 6.07) is 3.59. The highest BCUT2D eigenvalue weighted by atomic mass is 19.1. The van der Waals surface area contributed by atoms with Gasteiger partial charge in [-0.05, 0) is 31.6 Å². The minimum absolute atomic E-state index is 0.457. The first-order chi connectivity index (χ1) is 5.65. The van der Waals surface area contributed by atoms with Crippen LogP contribution in [-0.4, -0.2) is 0 Å². The Labute approximate surface area is 70.5 Å². The van der Waals surface area contributed by atoms with E-state index in [1.54, 1.807) is 13.0 Å². The van der Waals surface area contributed by atoms with E-state index in [1.165, 1.54) is 12.1 Å². The summed E-state index contributed by atoms with van der Waals surface area (Å²) in [7, 11) is 0. The highest BCUT2D eigenvalue weighted by molar-refractivity contribution is 5.63. The molecule has 1 rings (SSSR count). The van der Waals surface area contributed by atoms with Crippen molar-refractivity contribution < 1.29 is 8.78 Å². The third kappa shape index (κ3) is 1.70. The summed E-state index contributed by atoms with van der Waals surface area (Å²) in [5.74, 6) is -1.05. The van der Waals surface area contributed by atoms with Crippen LogP contribution >= 0.6 is 0 Å². The highest BCUT2D eigenvalue weighted by Crippen LogP contribution is 2.17. The molecule has 1 aromatic rings. The maximum absolute atomic E-state index is 13.0. The van der Waals surface area contributed by atoms with Gasteiger partial charge in [-0.1, -0.05) is 6.08 Å². The fourth-order valence-corrected chi connectivity index (χ4v) is 0.965. The van der Waals surface area contributed by atoms with Crippen LogP contribution in [0.5, 0.6) is 0 Å². The van der Waals surface area contributed by atoms with Gasteiger partial charge in [0.2, 0.25) is 0 Å². The summed E-state index contributed by atoms with van der Waals surface area (Å²) >= 11 is 0. The summed E-state index contributed by atoms with van der Waals surface area (Å²) < 4.78 is 25.5. The van der Waals surface area contributed by atoms with E-state index >= 15 is 0 Å². The third-order valence-corrected chi connectivity index (χ3v) is 1.79. The zero-order valence-electron chi connectivity index (χ0n) is 7.07. The minimum atomic E-state index is -0.542. The van der Waals surface area contributed by atoms with Gasteiger partial charge in [-0.3, -0.25) is 0 Å². The molecule has 0 saturated carbocycles. The smallest absolute Gasteiger partial charge is 0.133 e. The van der Waals surface area contributed by atoms with Crippen molar-refractivity contribution in [3.05, 3.63) is 41.5 Å². The third-order valence-electron chi connectivity index (χ3n) is 1.79. The lowest BCUT2D eigenvalue weighted by atomic mass is 10.1. The van der Waals surface area contributed by atoms with Crippen LogP contribution in [0.15, 0.2) is 24.3 Å². The van der Waals surface area contributed by atoms with Crippen LogP contribution < -0.4 is 0 Å². The molecule has 0 aliphatic heterocycles. The molecule has 0 atom stereocenters. The second-order valence-corrected chi connectivity index (χ2v) is 2.60. The van der Waals surface area contributed by atoms with E-state index in [0.717, 1.165) is 11.6 Å². The SMILES string of the molecule is CC=C(C)c1ccc(F)cc1F. The van der Waals surface area contributed by atoms with Gasteiger partial charge in [-0.2, -0.15) is 0 Å². The summed E-state index contributed by atoms with van der Waals surface area (Å²) in [5.41, 5.74) is 1.27. The molecule has 2 heteroatoms. The Balaban J connectivity index is 3.18. The van der Waals surface area contributed by atoms with Crippen LogP contribution in [0.2, 0.25) is 0 Å². The molecule has 0 aliphatic rings. The summed E-state index contributed by atoms with van der Waals surface area (Å²) in [6.07, 6.45) is 1.79. The van der Waals surface area contributed by atoms with Crippen molar-refractivity contribution >= 4 is 5.57 Å². The number of halogens is 2. The van der Waals surface area contributed by atoms with Crippen LogP contribution in [0.4, 0.5) is 8.78 Å². The monoisotopic (exact) mass is 168 g/mol. The molecule has 12 heavy (non-hydrogen) atoms. The van der Waals surface area contributed by atoms with E-state index in [9.17, 15) is 8.78 Å². The van der Waals surface area contributed by atoms with Crippen LogP contribution in [-0.2, 0) is 0 Å². The Morgan fingerprint density at radius 1 is 1.33 bits per heavy atom. The van der Waals surface area contributed by atoms with Crippen LogP contribution in [0.1, 0.15) is 19.4 Å². The van der Waals surface area contributed by atoms with E-state index < -0.39 is 11.6 Å². The van der Waals surface area contributed by atoms with Crippen molar-refractivity contribution in [1.82, 2.24) is 0 Å². The topological polar surface area (TPSA) is 0 Å². The van der Waals surface area contributed by atoms with Crippen molar-refractivity contribution in [3.63, 3.8) is 0 Å². The molecule has 0 aliphatic carbocycles. The van der Waals surface area contributed by atoms with Crippen molar-refractivity contribution in [2.45, 2.75) is 13.8 Å². The predicted octanol–water partition coefficient (Wildman–Crippen LogP) is 3.39. The molecule has 0 aromatic heterocycles. The standard InChI is InChI=1S/C10H10F2/c1-3-7(2)9-5-4-8(11)6-10(9)12/h3-6H,1-2H3. The predicted molar refractivity (Wildman–Crippen MR) is 45.7 cm³/mol.